The second kappa shape index (κ2) is 5.16. The van der Waals surface area contributed by atoms with E-state index in [1.54, 1.807) is 6.07 Å². The number of hydrogen-bond acceptors (Lipinski definition) is 3. The third kappa shape index (κ3) is 3.56. The summed E-state index contributed by atoms with van der Waals surface area (Å²) in [5.41, 5.74) is 1.10. The molecule has 2 fully saturated rings. The first-order valence-electron chi connectivity index (χ1n) is 6.59. The van der Waals surface area contributed by atoms with Gasteiger partial charge in [0.25, 0.3) is 0 Å². The minimum Gasteiger partial charge on any atom is -0.310 e. The van der Waals surface area contributed by atoms with Crippen molar-refractivity contribution in [3.05, 3.63) is 28.2 Å². The van der Waals surface area contributed by atoms with Crippen LogP contribution in [0.5, 0.6) is 0 Å². The van der Waals surface area contributed by atoms with E-state index in [1.807, 2.05) is 12.1 Å². The van der Waals surface area contributed by atoms with Gasteiger partial charge in [-0.25, -0.2) is 13.1 Å². The molecule has 104 valence electrons. The van der Waals surface area contributed by atoms with Crippen molar-refractivity contribution < 1.29 is 8.42 Å². The number of benzene rings is 1. The highest BCUT2D eigenvalue weighted by Crippen LogP contribution is 2.27. The van der Waals surface area contributed by atoms with Crippen molar-refractivity contribution in [3.63, 3.8) is 0 Å². The first-order valence-corrected chi connectivity index (χ1v) is 8.86. The molecule has 0 unspecified atom stereocenters. The molecular formula is C13H17BrN2O2S. The van der Waals surface area contributed by atoms with Crippen molar-refractivity contribution in [1.29, 1.82) is 0 Å². The van der Waals surface area contributed by atoms with Gasteiger partial charge in [0, 0.05) is 23.1 Å². The summed E-state index contributed by atoms with van der Waals surface area (Å²) in [6.45, 7) is 0.791. The number of rotatable bonds is 6. The Balaban J connectivity index is 1.73. The highest BCUT2D eigenvalue weighted by Gasteiger charge is 2.29. The molecule has 1 aromatic carbocycles. The fourth-order valence-corrected chi connectivity index (χ4v) is 4.34. The summed E-state index contributed by atoms with van der Waals surface area (Å²) >= 11 is 3.37. The van der Waals surface area contributed by atoms with E-state index in [2.05, 4.69) is 26.0 Å². The van der Waals surface area contributed by atoms with Crippen LogP contribution in [0.3, 0.4) is 0 Å². The first kappa shape index (κ1) is 13.5. The van der Waals surface area contributed by atoms with Crippen LogP contribution in [-0.4, -0.2) is 20.5 Å². The molecule has 0 amide bonds. The van der Waals surface area contributed by atoms with Crippen LogP contribution in [-0.2, 0) is 16.6 Å². The lowest BCUT2D eigenvalue weighted by Gasteiger charge is -2.10. The zero-order valence-electron chi connectivity index (χ0n) is 10.5. The SMILES string of the molecule is O=S(=O)(NC1CC1)c1ccc(CNC2CC2)cc1Br. The minimum atomic E-state index is -3.38. The molecule has 6 heteroatoms. The highest BCUT2D eigenvalue weighted by atomic mass is 79.9. The van der Waals surface area contributed by atoms with Gasteiger partial charge in [0.05, 0.1) is 4.90 Å². The van der Waals surface area contributed by atoms with Crippen molar-refractivity contribution in [2.24, 2.45) is 0 Å². The van der Waals surface area contributed by atoms with Crippen molar-refractivity contribution in [2.75, 3.05) is 0 Å². The largest absolute Gasteiger partial charge is 0.310 e. The zero-order chi connectivity index (χ0) is 13.5. The molecule has 0 heterocycles. The molecule has 1 aromatic rings. The third-order valence-corrected chi connectivity index (χ3v) is 5.85. The van der Waals surface area contributed by atoms with Gasteiger partial charge in [-0.2, -0.15) is 0 Å². The molecule has 0 radical (unpaired) electrons. The molecule has 19 heavy (non-hydrogen) atoms. The fraction of sp³-hybridized carbons (Fsp3) is 0.538. The fourth-order valence-electron chi connectivity index (χ4n) is 1.91. The van der Waals surface area contributed by atoms with Crippen LogP contribution in [0.15, 0.2) is 27.6 Å². The van der Waals surface area contributed by atoms with Gasteiger partial charge in [0.15, 0.2) is 0 Å². The Bertz CT molecular complexity index is 580. The molecule has 2 aliphatic rings. The molecule has 2 saturated carbocycles. The average Bonchev–Trinajstić information content (AvgIpc) is 3.20. The monoisotopic (exact) mass is 344 g/mol. The molecule has 0 bridgehead atoms. The number of nitrogens with one attached hydrogen (secondary N) is 2. The smallest absolute Gasteiger partial charge is 0.241 e. The quantitative estimate of drug-likeness (QED) is 0.831. The Morgan fingerprint density at radius 3 is 2.42 bits per heavy atom. The second-order valence-electron chi connectivity index (χ2n) is 5.32. The molecule has 3 rings (SSSR count). The summed E-state index contributed by atoms with van der Waals surface area (Å²) < 4.78 is 27.6. The molecule has 2 aliphatic carbocycles. The van der Waals surface area contributed by atoms with Gasteiger partial charge in [-0.05, 0) is 59.3 Å². The van der Waals surface area contributed by atoms with Crippen LogP contribution in [0, 0.1) is 0 Å². The standard InChI is InChI=1S/C13H17BrN2O2S/c14-12-7-9(8-15-10-2-3-10)1-6-13(12)19(17,18)16-11-4-5-11/h1,6-7,10-11,15-16H,2-5,8H2. The van der Waals surface area contributed by atoms with Gasteiger partial charge in [-0.1, -0.05) is 6.07 Å². The lowest BCUT2D eigenvalue weighted by atomic mass is 10.2. The maximum Gasteiger partial charge on any atom is 0.241 e. The van der Waals surface area contributed by atoms with Gasteiger partial charge in [-0.3, -0.25) is 0 Å². The molecule has 4 nitrogen and oxygen atoms in total. The van der Waals surface area contributed by atoms with Crippen LogP contribution < -0.4 is 10.0 Å². The summed E-state index contributed by atoms with van der Waals surface area (Å²) in [4.78, 5) is 0.328. The third-order valence-electron chi connectivity index (χ3n) is 3.36. The van der Waals surface area contributed by atoms with Crippen LogP contribution >= 0.6 is 15.9 Å². The maximum atomic E-state index is 12.1. The summed E-state index contributed by atoms with van der Waals surface area (Å²) in [7, 11) is -3.38. The summed E-state index contributed by atoms with van der Waals surface area (Å²) in [5, 5.41) is 3.41. The van der Waals surface area contributed by atoms with E-state index in [-0.39, 0.29) is 6.04 Å². The topological polar surface area (TPSA) is 58.2 Å². The number of sulfonamides is 1. The van der Waals surface area contributed by atoms with Gasteiger partial charge in [0.2, 0.25) is 10.0 Å². The Hall–Kier alpha value is -0.430. The van der Waals surface area contributed by atoms with Crippen LogP contribution in [0.1, 0.15) is 31.2 Å². The Morgan fingerprint density at radius 1 is 1.16 bits per heavy atom. The van der Waals surface area contributed by atoms with E-state index in [1.165, 1.54) is 12.8 Å². The highest BCUT2D eigenvalue weighted by molar-refractivity contribution is 9.10. The zero-order valence-corrected chi connectivity index (χ0v) is 12.9. The lowest BCUT2D eigenvalue weighted by Crippen LogP contribution is -2.26. The molecular weight excluding hydrogens is 328 g/mol. The van der Waals surface area contributed by atoms with E-state index >= 15 is 0 Å². The van der Waals surface area contributed by atoms with E-state index < -0.39 is 10.0 Å². The predicted molar refractivity (Wildman–Crippen MR) is 77.3 cm³/mol. The number of hydrogen-bond donors (Lipinski definition) is 2. The summed E-state index contributed by atoms with van der Waals surface area (Å²) in [6.07, 6.45) is 4.39. The van der Waals surface area contributed by atoms with Crippen LogP contribution in [0.2, 0.25) is 0 Å². The minimum absolute atomic E-state index is 0.133. The molecule has 0 saturated heterocycles. The first-order chi connectivity index (χ1) is 9.04. The summed E-state index contributed by atoms with van der Waals surface area (Å²) in [6, 6.07) is 6.23. The molecule has 0 spiro atoms. The van der Waals surface area contributed by atoms with Crippen molar-refractivity contribution in [1.82, 2.24) is 10.0 Å². The van der Waals surface area contributed by atoms with Crippen molar-refractivity contribution in [3.8, 4) is 0 Å². The van der Waals surface area contributed by atoms with E-state index in [4.69, 9.17) is 0 Å². The van der Waals surface area contributed by atoms with E-state index in [0.717, 1.165) is 24.9 Å². The molecule has 0 atom stereocenters. The van der Waals surface area contributed by atoms with E-state index in [0.29, 0.717) is 15.4 Å². The normalized spacial score (nSPS) is 19.6. The van der Waals surface area contributed by atoms with Crippen molar-refractivity contribution >= 4 is 26.0 Å². The Labute approximate surface area is 122 Å². The molecule has 2 N–H and O–H groups in total. The average molecular weight is 345 g/mol. The molecule has 0 aliphatic heterocycles. The maximum absolute atomic E-state index is 12.1. The van der Waals surface area contributed by atoms with Gasteiger partial charge < -0.3 is 5.32 Å². The lowest BCUT2D eigenvalue weighted by molar-refractivity contribution is 0.580. The van der Waals surface area contributed by atoms with Gasteiger partial charge >= 0.3 is 0 Å². The Morgan fingerprint density at radius 2 is 1.84 bits per heavy atom. The number of halogens is 1. The van der Waals surface area contributed by atoms with Gasteiger partial charge in [0.1, 0.15) is 0 Å². The van der Waals surface area contributed by atoms with E-state index in [9.17, 15) is 8.42 Å². The second-order valence-corrected chi connectivity index (χ2v) is 7.85. The molecule has 0 aromatic heterocycles. The van der Waals surface area contributed by atoms with Crippen LogP contribution in [0.25, 0.3) is 0 Å². The predicted octanol–water partition coefficient (Wildman–Crippen LogP) is 2.14. The van der Waals surface area contributed by atoms with Gasteiger partial charge in [-0.15, -0.1) is 0 Å². The Kier molecular flexibility index (Phi) is 3.68. The van der Waals surface area contributed by atoms with Crippen LogP contribution in [0.4, 0.5) is 0 Å². The van der Waals surface area contributed by atoms with Crippen molar-refractivity contribution in [2.45, 2.75) is 49.2 Å². The summed E-state index contributed by atoms with van der Waals surface area (Å²) in [5.74, 6) is 0.